The second-order valence-corrected chi connectivity index (χ2v) is 5.96. The van der Waals surface area contributed by atoms with E-state index in [0.717, 1.165) is 23.3 Å². The molecule has 0 aliphatic carbocycles. The van der Waals surface area contributed by atoms with Crippen LogP contribution in [0.1, 0.15) is 11.1 Å². The first kappa shape index (κ1) is 16.9. The van der Waals surface area contributed by atoms with Crippen molar-refractivity contribution in [3.05, 3.63) is 65.9 Å². The molecule has 0 aliphatic rings. The first-order valence-corrected chi connectivity index (χ1v) is 8.48. The van der Waals surface area contributed by atoms with E-state index in [4.69, 9.17) is 4.74 Å². The van der Waals surface area contributed by atoms with Crippen LogP contribution in [0.25, 0.3) is 10.9 Å². The van der Waals surface area contributed by atoms with Gasteiger partial charge in [-0.1, -0.05) is 30.3 Å². The topological polar surface area (TPSA) is 66.2 Å². The highest BCUT2D eigenvalue weighted by Crippen LogP contribution is 2.17. The van der Waals surface area contributed by atoms with E-state index < -0.39 is 0 Å². The number of rotatable bonds is 7. The molecule has 0 saturated carbocycles. The molecular weight excluding hydrogens is 314 g/mol. The van der Waals surface area contributed by atoms with Crippen molar-refractivity contribution in [2.45, 2.75) is 13.3 Å². The number of benzene rings is 2. The van der Waals surface area contributed by atoms with Crippen molar-refractivity contribution in [3.63, 3.8) is 0 Å². The molecule has 0 fully saturated rings. The Balaban J connectivity index is 1.34. The van der Waals surface area contributed by atoms with E-state index in [1.165, 1.54) is 10.9 Å². The number of fused-ring (bicyclic) bond motifs is 1. The van der Waals surface area contributed by atoms with E-state index in [0.29, 0.717) is 19.7 Å². The van der Waals surface area contributed by atoms with Crippen LogP contribution in [0.15, 0.2) is 54.7 Å². The maximum atomic E-state index is 11.8. The number of aromatic amines is 1. The molecule has 0 saturated heterocycles. The van der Waals surface area contributed by atoms with Gasteiger partial charge in [0.15, 0.2) is 0 Å². The van der Waals surface area contributed by atoms with Crippen LogP contribution in [0.2, 0.25) is 0 Å². The standard InChI is InChI=1S/C20H23N3O2/c1-15-5-4-6-17(13-15)25-12-11-22-20(24)21-10-9-16-14-23-19-8-3-2-7-18(16)19/h2-8,13-14,23H,9-12H2,1H3,(H2,21,22,24). The Morgan fingerprint density at radius 3 is 2.80 bits per heavy atom. The van der Waals surface area contributed by atoms with Gasteiger partial charge >= 0.3 is 6.03 Å². The van der Waals surface area contributed by atoms with Crippen LogP contribution in [0.3, 0.4) is 0 Å². The summed E-state index contributed by atoms with van der Waals surface area (Å²) in [5.41, 5.74) is 3.48. The van der Waals surface area contributed by atoms with Crippen LogP contribution in [0.4, 0.5) is 4.79 Å². The molecule has 25 heavy (non-hydrogen) atoms. The molecule has 0 radical (unpaired) electrons. The number of para-hydroxylation sites is 1. The molecule has 3 rings (SSSR count). The van der Waals surface area contributed by atoms with Crippen molar-refractivity contribution in [2.75, 3.05) is 19.7 Å². The first-order chi connectivity index (χ1) is 12.2. The zero-order valence-electron chi connectivity index (χ0n) is 14.3. The van der Waals surface area contributed by atoms with E-state index in [9.17, 15) is 4.79 Å². The van der Waals surface area contributed by atoms with Crippen molar-refractivity contribution in [1.82, 2.24) is 15.6 Å². The van der Waals surface area contributed by atoms with E-state index >= 15 is 0 Å². The Kier molecular flexibility index (Phi) is 5.57. The summed E-state index contributed by atoms with van der Waals surface area (Å²) in [6.45, 7) is 3.52. The second-order valence-electron chi connectivity index (χ2n) is 5.96. The molecule has 1 aromatic heterocycles. The fourth-order valence-corrected chi connectivity index (χ4v) is 2.75. The lowest BCUT2D eigenvalue weighted by Gasteiger charge is -2.09. The van der Waals surface area contributed by atoms with E-state index in [1.54, 1.807) is 0 Å². The SMILES string of the molecule is Cc1cccc(OCCNC(=O)NCCc2c[nH]c3ccccc23)c1. The van der Waals surface area contributed by atoms with E-state index in [-0.39, 0.29) is 6.03 Å². The quantitative estimate of drug-likeness (QED) is 0.579. The van der Waals surface area contributed by atoms with Crippen LogP contribution in [-0.2, 0) is 6.42 Å². The fraction of sp³-hybridized carbons (Fsp3) is 0.250. The van der Waals surface area contributed by atoms with Crippen molar-refractivity contribution in [3.8, 4) is 5.75 Å². The molecule has 5 nitrogen and oxygen atoms in total. The van der Waals surface area contributed by atoms with Gasteiger partial charge < -0.3 is 20.4 Å². The van der Waals surface area contributed by atoms with Gasteiger partial charge in [0, 0.05) is 23.6 Å². The zero-order valence-corrected chi connectivity index (χ0v) is 14.3. The van der Waals surface area contributed by atoms with Crippen LogP contribution < -0.4 is 15.4 Å². The number of amides is 2. The minimum absolute atomic E-state index is 0.173. The van der Waals surface area contributed by atoms with Gasteiger partial charge in [0.2, 0.25) is 0 Å². The second kappa shape index (κ2) is 8.24. The summed E-state index contributed by atoms with van der Waals surface area (Å²) >= 11 is 0. The molecule has 0 bridgehead atoms. The van der Waals surface area contributed by atoms with Crippen molar-refractivity contribution < 1.29 is 9.53 Å². The van der Waals surface area contributed by atoms with Crippen LogP contribution in [0, 0.1) is 6.92 Å². The highest BCUT2D eigenvalue weighted by atomic mass is 16.5. The summed E-state index contributed by atoms with van der Waals surface area (Å²) in [5.74, 6) is 0.821. The molecular formula is C20H23N3O2. The summed E-state index contributed by atoms with van der Waals surface area (Å²) in [7, 11) is 0. The molecule has 3 N–H and O–H groups in total. The van der Waals surface area contributed by atoms with Gasteiger partial charge in [0.05, 0.1) is 6.54 Å². The van der Waals surface area contributed by atoms with E-state index in [1.807, 2.05) is 55.6 Å². The Labute approximate surface area is 147 Å². The molecule has 1 heterocycles. The summed E-state index contributed by atoms with van der Waals surface area (Å²) in [6, 6.07) is 15.8. The minimum atomic E-state index is -0.173. The zero-order chi connectivity index (χ0) is 17.5. The molecule has 2 amide bonds. The summed E-state index contributed by atoms with van der Waals surface area (Å²) in [5, 5.41) is 6.88. The van der Waals surface area contributed by atoms with Gasteiger partial charge in [-0.3, -0.25) is 0 Å². The highest BCUT2D eigenvalue weighted by Gasteiger charge is 2.04. The predicted octanol–water partition coefficient (Wildman–Crippen LogP) is 3.40. The normalized spacial score (nSPS) is 10.6. The lowest BCUT2D eigenvalue weighted by Crippen LogP contribution is -2.38. The number of aromatic nitrogens is 1. The number of hydrogen-bond acceptors (Lipinski definition) is 2. The van der Waals surface area contributed by atoms with Crippen LogP contribution in [-0.4, -0.2) is 30.7 Å². The Morgan fingerprint density at radius 1 is 1.08 bits per heavy atom. The molecule has 3 aromatic rings. The highest BCUT2D eigenvalue weighted by molar-refractivity contribution is 5.83. The number of nitrogens with one attached hydrogen (secondary N) is 3. The number of carbonyl (C=O) groups excluding carboxylic acids is 1. The predicted molar refractivity (Wildman–Crippen MR) is 100 cm³/mol. The number of ether oxygens (including phenoxy) is 1. The van der Waals surface area contributed by atoms with Crippen LogP contribution in [0.5, 0.6) is 5.75 Å². The number of urea groups is 1. The third-order valence-corrected chi connectivity index (χ3v) is 4.00. The molecule has 2 aromatic carbocycles. The third-order valence-electron chi connectivity index (χ3n) is 4.00. The first-order valence-electron chi connectivity index (χ1n) is 8.48. The molecule has 130 valence electrons. The monoisotopic (exact) mass is 337 g/mol. The lowest BCUT2D eigenvalue weighted by atomic mass is 10.1. The van der Waals surface area contributed by atoms with Crippen molar-refractivity contribution in [1.29, 1.82) is 0 Å². The number of H-pyrrole nitrogens is 1. The Hall–Kier alpha value is -2.95. The van der Waals surface area contributed by atoms with Gasteiger partial charge in [0.1, 0.15) is 12.4 Å². The molecule has 0 atom stereocenters. The maximum absolute atomic E-state index is 11.8. The molecule has 0 unspecified atom stereocenters. The minimum Gasteiger partial charge on any atom is -0.492 e. The molecule has 5 heteroatoms. The summed E-state index contributed by atoms with van der Waals surface area (Å²) < 4.78 is 5.60. The number of aryl methyl sites for hydroxylation is 1. The molecule has 0 spiro atoms. The third kappa shape index (κ3) is 4.76. The van der Waals surface area contributed by atoms with Crippen LogP contribution >= 0.6 is 0 Å². The van der Waals surface area contributed by atoms with Gasteiger partial charge in [-0.2, -0.15) is 0 Å². The van der Waals surface area contributed by atoms with Gasteiger partial charge in [-0.15, -0.1) is 0 Å². The van der Waals surface area contributed by atoms with E-state index in [2.05, 4.69) is 21.7 Å². The van der Waals surface area contributed by atoms with Gasteiger partial charge in [-0.25, -0.2) is 4.79 Å². The number of carbonyl (C=O) groups is 1. The van der Waals surface area contributed by atoms with Gasteiger partial charge in [-0.05, 0) is 42.7 Å². The summed E-state index contributed by atoms with van der Waals surface area (Å²) in [6.07, 6.45) is 2.79. The average Bonchev–Trinajstić information content (AvgIpc) is 3.02. The largest absolute Gasteiger partial charge is 0.492 e. The lowest BCUT2D eigenvalue weighted by molar-refractivity contribution is 0.236. The average molecular weight is 337 g/mol. The Morgan fingerprint density at radius 2 is 1.92 bits per heavy atom. The molecule has 0 aliphatic heterocycles. The fourth-order valence-electron chi connectivity index (χ4n) is 2.75. The Bertz CT molecular complexity index is 842. The van der Waals surface area contributed by atoms with Crippen molar-refractivity contribution in [2.24, 2.45) is 0 Å². The summed E-state index contributed by atoms with van der Waals surface area (Å²) in [4.78, 5) is 15.1. The van der Waals surface area contributed by atoms with Gasteiger partial charge in [0.25, 0.3) is 0 Å². The number of hydrogen-bond donors (Lipinski definition) is 3. The maximum Gasteiger partial charge on any atom is 0.314 e. The smallest absolute Gasteiger partial charge is 0.314 e. The van der Waals surface area contributed by atoms with Crippen molar-refractivity contribution >= 4 is 16.9 Å².